The molecule has 0 fully saturated rings. The summed E-state index contributed by atoms with van der Waals surface area (Å²) in [6.07, 6.45) is -4.83. The van der Waals surface area contributed by atoms with E-state index in [0.717, 1.165) is 0 Å². The first-order valence-corrected chi connectivity index (χ1v) is 3.64. The molecule has 8 heteroatoms. The molecule has 0 aliphatic carbocycles. The predicted octanol–water partition coefficient (Wildman–Crippen LogP) is 1.78. The summed E-state index contributed by atoms with van der Waals surface area (Å²) in [6, 6.07) is 1.05. The lowest BCUT2D eigenvalue weighted by Gasteiger charge is -2.09. The standard InChI is InChI=1S/C7H6F3N3O2/c8-7(9,10)3-1-4(11)5(12)2-6(3)13(14)15/h1-2H,11-12H2. The number of nitro groups is 1. The van der Waals surface area contributed by atoms with Gasteiger partial charge in [-0.1, -0.05) is 0 Å². The summed E-state index contributed by atoms with van der Waals surface area (Å²) in [5, 5.41) is 10.3. The van der Waals surface area contributed by atoms with Crippen molar-refractivity contribution in [2.75, 3.05) is 11.5 Å². The van der Waals surface area contributed by atoms with Crippen LogP contribution in [-0.4, -0.2) is 4.92 Å². The van der Waals surface area contributed by atoms with Crippen LogP contribution < -0.4 is 11.5 Å². The first-order chi connectivity index (χ1) is 6.73. The highest BCUT2D eigenvalue weighted by Gasteiger charge is 2.38. The highest BCUT2D eigenvalue weighted by molar-refractivity contribution is 5.69. The van der Waals surface area contributed by atoms with E-state index in [1.54, 1.807) is 0 Å². The Morgan fingerprint density at radius 2 is 1.67 bits per heavy atom. The summed E-state index contributed by atoms with van der Waals surface area (Å²) in [5.74, 6) is 0. The normalized spacial score (nSPS) is 11.4. The van der Waals surface area contributed by atoms with Crippen molar-refractivity contribution in [1.29, 1.82) is 0 Å². The van der Waals surface area contributed by atoms with E-state index in [1.165, 1.54) is 0 Å². The number of nitrogens with two attached hydrogens (primary N) is 2. The molecule has 5 nitrogen and oxygen atoms in total. The minimum absolute atomic E-state index is 0.255. The molecule has 0 bridgehead atoms. The van der Waals surface area contributed by atoms with Gasteiger partial charge < -0.3 is 11.5 Å². The van der Waals surface area contributed by atoms with Crippen LogP contribution >= 0.6 is 0 Å². The van der Waals surface area contributed by atoms with E-state index in [-0.39, 0.29) is 11.4 Å². The monoisotopic (exact) mass is 221 g/mol. The van der Waals surface area contributed by atoms with Gasteiger partial charge in [0.2, 0.25) is 0 Å². The van der Waals surface area contributed by atoms with E-state index in [2.05, 4.69) is 0 Å². The SMILES string of the molecule is Nc1cc([N+](=O)[O-])c(C(F)(F)F)cc1N. The van der Waals surface area contributed by atoms with Crippen LogP contribution in [0, 0.1) is 10.1 Å². The lowest BCUT2D eigenvalue weighted by Crippen LogP contribution is -2.10. The maximum atomic E-state index is 12.3. The second kappa shape index (κ2) is 3.30. The van der Waals surface area contributed by atoms with E-state index in [9.17, 15) is 23.3 Å². The molecule has 0 spiro atoms. The van der Waals surface area contributed by atoms with Gasteiger partial charge in [-0.15, -0.1) is 0 Å². The molecular formula is C7H6F3N3O2. The molecule has 0 unspecified atom stereocenters. The Balaban J connectivity index is 3.49. The van der Waals surface area contributed by atoms with Gasteiger partial charge in [0.25, 0.3) is 5.69 Å². The van der Waals surface area contributed by atoms with Gasteiger partial charge in [-0.3, -0.25) is 10.1 Å². The average molecular weight is 221 g/mol. The molecule has 1 rings (SSSR count). The lowest BCUT2D eigenvalue weighted by molar-refractivity contribution is -0.388. The Labute approximate surface area is 81.6 Å². The highest BCUT2D eigenvalue weighted by Crippen LogP contribution is 2.39. The van der Waals surface area contributed by atoms with E-state index < -0.39 is 22.4 Å². The van der Waals surface area contributed by atoms with Crippen LogP contribution in [-0.2, 0) is 6.18 Å². The second-order valence-electron chi connectivity index (χ2n) is 2.75. The Morgan fingerprint density at radius 1 is 1.20 bits per heavy atom. The fourth-order valence-electron chi connectivity index (χ4n) is 0.999. The first kappa shape index (κ1) is 11.1. The Morgan fingerprint density at radius 3 is 2.07 bits per heavy atom. The molecule has 0 atom stereocenters. The molecule has 0 saturated carbocycles. The number of rotatable bonds is 1. The molecule has 0 radical (unpaired) electrons. The summed E-state index contributed by atoms with van der Waals surface area (Å²) < 4.78 is 37.0. The van der Waals surface area contributed by atoms with E-state index in [4.69, 9.17) is 11.5 Å². The van der Waals surface area contributed by atoms with Gasteiger partial charge >= 0.3 is 6.18 Å². The minimum Gasteiger partial charge on any atom is -0.397 e. The van der Waals surface area contributed by atoms with Crippen LogP contribution in [0.15, 0.2) is 12.1 Å². The maximum absolute atomic E-state index is 12.3. The summed E-state index contributed by atoms with van der Waals surface area (Å²) >= 11 is 0. The Bertz CT molecular complexity index is 417. The van der Waals surface area contributed by atoms with Crippen LogP contribution in [0.4, 0.5) is 30.2 Å². The maximum Gasteiger partial charge on any atom is 0.423 e. The summed E-state index contributed by atoms with van der Waals surface area (Å²) in [6.45, 7) is 0. The number of nitro benzene ring substituents is 1. The van der Waals surface area contributed by atoms with Gasteiger partial charge in [0.05, 0.1) is 16.3 Å². The number of nitrogen functional groups attached to an aromatic ring is 2. The van der Waals surface area contributed by atoms with Crippen LogP contribution in [0.25, 0.3) is 0 Å². The van der Waals surface area contributed by atoms with Crippen molar-refractivity contribution in [1.82, 2.24) is 0 Å². The number of alkyl halides is 3. The zero-order chi connectivity index (χ0) is 11.8. The number of halogens is 3. The molecule has 82 valence electrons. The minimum atomic E-state index is -4.83. The fourth-order valence-corrected chi connectivity index (χ4v) is 0.999. The molecule has 4 N–H and O–H groups in total. The summed E-state index contributed by atoms with van der Waals surface area (Å²) in [5.41, 5.74) is 7.21. The molecule has 1 aromatic rings. The number of benzene rings is 1. The smallest absolute Gasteiger partial charge is 0.397 e. The quantitative estimate of drug-likeness (QED) is 0.429. The van der Waals surface area contributed by atoms with Crippen LogP contribution in [0.2, 0.25) is 0 Å². The van der Waals surface area contributed by atoms with Crippen LogP contribution in [0.1, 0.15) is 5.56 Å². The zero-order valence-corrected chi connectivity index (χ0v) is 7.21. The van der Waals surface area contributed by atoms with Crippen molar-refractivity contribution in [3.63, 3.8) is 0 Å². The third-order valence-corrected chi connectivity index (χ3v) is 1.70. The molecule has 0 aromatic heterocycles. The fraction of sp³-hybridized carbons (Fsp3) is 0.143. The van der Waals surface area contributed by atoms with Crippen molar-refractivity contribution in [2.45, 2.75) is 6.18 Å². The molecule has 1 aromatic carbocycles. The van der Waals surface area contributed by atoms with Crippen molar-refractivity contribution in [2.24, 2.45) is 0 Å². The molecule has 0 saturated heterocycles. The van der Waals surface area contributed by atoms with Crippen LogP contribution in [0.5, 0.6) is 0 Å². The predicted molar refractivity (Wildman–Crippen MR) is 46.9 cm³/mol. The third-order valence-electron chi connectivity index (χ3n) is 1.70. The van der Waals surface area contributed by atoms with Crippen LogP contribution in [0.3, 0.4) is 0 Å². The number of hydrogen-bond donors (Lipinski definition) is 2. The van der Waals surface area contributed by atoms with Gasteiger partial charge in [0.1, 0.15) is 5.56 Å². The van der Waals surface area contributed by atoms with Crippen molar-refractivity contribution < 1.29 is 18.1 Å². The number of hydrogen-bond acceptors (Lipinski definition) is 4. The molecular weight excluding hydrogens is 215 g/mol. The van der Waals surface area contributed by atoms with Crippen molar-refractivity contribution in [3.05, 3.63) is 27.8 Å². The van der Waals surface area contributed by atoms with Gasteiger partial charge in [-0.05, 0) is 6.07 Å². The van der Waals surface area contributed by atoms with E-state index in [1.807, 2.05) is 0 Å². The van der Waals surface area contributed by atoms with Crippen molar-refractivity contribution in [3.8, 4) is 0 Å². The third kappa shape index (κ3) is 2.09. The van der Waals surface area contributed by atoms with Crippen molar-refractivity contribution >= 4 is 17.1 Å². The summed E-state index contributed by atoms with van der Waals surface area (Å²) in [4.78, 5) is 9.19. The molecule has 0 amide bonds. The Hall–Kier alpha value is -1.99. The van der Waals surface area contributed by atoms with Gasteiger partial charge in [-0.25, -0.2) is 0 Å². The lowest BCUT2D eigenvalue weighted by atomic mass is 10.1. The zero-order valence-electron chi connectivity index (χ0n) is 7.21. The second-order valence-corrected chi connectivity index (χ2v) is 2.75. The molecule has 0 aliphatic heterocycles. The molecule has 0 aliphatic rings. The summed E-state index contributed by atoms with van der Waals surface area (Å²) in [7, 11) is 0. The van der Waals surface area contributed by atoms with Gasteiger partial charge in [-0.2, -0.15) is 13.2 Å². The van der Waals surface area contributed by atoms with E-state index >= 15 is 0 Å². The van der Waals surface area contributed by atoms with Gasteiger partial charge in [0.15, 0.2) is 0 Å². The molecule has 0 heterocycles. The largest absolute Gasteiger partial charge is 0.423 e. The Kier molecular flexibility index (Phi) is 2.44. The van der Waals surface area contributed by atoms with E-state index in [0.29, 0.717) is 12.1 Å². The highest BCUT2D eigenvalue weighted by atomic mass is 19.4. The van der Waals surface area contributed by atoms with Gasteiger partial charge in [0, 0.05) is 6.07 Å². The first-order valence-electron chi connectivity index (χ1n) is 3.64. The number of nitrogens with zero attached hydrogens (tertiary/aromatic N) is 1. The average Bonchev–Trinajstić information content (AvgIpc) is 2.06. The number of anilines is 2. The molecule has 15 heavy (non-hydrogen) atoms. The topological polar surface area (TPSA) is 95.2 Å².